The molecule has 5 rings (SSSR count). The van der Waals surface area contributed by atoms with Crippen molar-refractivity contribution in [3.05, 3.63) is 54.6 Å². The fourth-order valence-corrected chi connectivity index (χ4v) is 4.91. The summed E-state index contributed by atoms with van der Waals surface area (Å²) in [6.45, 7) is 3.04. The van der Waals surface area contributed by atoms with E-state index in [1.54, 1.807) is 6.20 Å². The van der Waals surface area contributed by atoms with Gasteiger partial charge in [-0.15, -0.1) is 0 Å². The van der Waals surface area contributed by atoms with Crippen LogP contribution in [0.5, 0.6) is 0 Å². The summed E-state index contributed by atoms with van der Waals surface area (Å²) in [6, 6.07) is 12.3. The second kappa shape index (κ2) is 8.00. The van der Waals surface area contributed by atoms with Gasteiger partial charge in [0.25, 0.3) is 0 Å². The van der Waals surface area contributed by atoms with Crippen LogP contribution in [0, 0.1) is 11.8 Å². The number of likely N-dealkylation sites (tertiary alicyclic amines) is 1. The second-order valence-corrected chi connectivity index (χ2v) is 8.16. The van der Waals surface area contributed by atoms with Crippen LogP contribution in [0.4, 0.5) is 5.82 Å². The lowest BCUT2D eigenvalue weighted by atomic mass is 9.77. The molecule has 3 aromatic rings. The van der Waals surface area contributed by atoms with Gasteiger partial charge >= 0.3 is 0 Å². The molecule has 4 atom stereocenters. The molecule has 1 saturated carbocycles. The van der Waals surface area contributed by atoms with E-state index in [4.69, 9.17) is 9.15 Å². The molecule has 1 saturated heterocycles. The molecule has 152 valence electrons. The SMILES string of the molecule is CO[C@@H]1C[C@H]2CN(Cc3ccc(-c4ccn[nH]4)o3)C[C@H]2C[C@H]1Nc1ccccn1. The van der Waals surface area contributed by atoms with Crippen LogP contribution in [-0.2, 0) is 11.3 Å². The molecule has 7 nitrogen and oxygen atoms in total. The van der Waals surface area contributed by atoms with E-state index in [1.807, 2.05) is 43.6 Å². The van der Waals surface area contributed by atoms with Crippen molar-refractivity contribution in [2.24, 2.45) is 11.8 Å². The average Bonchev–Trinajstić information content (AvgIpc) is 3.48. The lowest BCUT2D eigenvalue weighted by Gasteiger charge is -2.37. The minimum Gasteiger partial charge on any atom is -0.458 e. The minimum atomic E-state index is 0.216. The monoisotopic (exact) mass is 393 g/mol. The molecule has 2 aliphatic rings. The number of nitrogens with one attached hydrogen (secondary N) is 2. The van der Waals surface area contributed by atoms with E-state index in [0.717, 1.165) is 55.5 Å². The summed E-state index contributed by atoms with van der Waals surface area (Å²) in [4.78, 5) is 6.94. The normalized spacial score (nSPS) is 27.1. The number of H-pyrrole nitrogens is 1. The average molecular weight is 393 g/mol. The van der Waals surface area contributed by atoms with Crippen molar-refractivity contribution >= 4 is 5.82 Å². The zero-order valence-corrected chi connectivity index (χ0v) is 16.6. The first kappa shape index (κ1) is 18.4. The molecule has 0 amide bonds. The standard InChI is InChI=1S/C22H27N5O2/c1-28-21-11-16-13-27(14-17-5-6-20(29-17)18-7-9-24-26-18)12-15(16)10-19(21)25-22-4-2-3-8-23-22/h2-9,15-16,19,21H,10-14H2,1H3,(H,23,25)(H,24,26)/t15-,16+,19-,21-/m1/s1. The number of aromatic amines is 1. The van der Waals surface area contributed by atoms with Gasteiger partial charge in [-0.3, -0.25) is 10.00 Å². The van der Waals surface area contributed by atoms with Crippen molar-refractivity contribution < 1.29 is 9.15 Å². The maximum atomic E-state index is 6.03. The summed E-state index contributed by atoms with van der Waals surface area (Å²) >= 11 is 0. The van der Waals surface area contributed by atoms with E-state index in [1.165, 1.54) is 0 Å². The third-order valence-corrected chi connectivity index (χ3v) is 6.30. The molecule has 2 N–H and O–H groups in total. The van der Waals surface area contributed by atoms with Crippen LogP contribution in [-0.4, -0.2) is 52.4 Å². The Morgan fingerprint density at radius 3 is 2.79 bits per heavy atom. The van der Waals surface area contributed by atoms with Gasteiger partial charge in [-0.05, 0) is 55.0 Å². The third-order valence-electron chi connectivity index (χ3n) is 6.30. The molecule has 0 unspecified atom stereocenters. The van der Waals surface area contributed by atoms with Crippen LogP contribution in [0.15, 0.2) is 53.2 Å². The summed E-state index contributed by atoms with van der Waals surface area (Å²) in [5, 5.41) is 10.5. The van der Waals surface area contributed by atoms with E-state index in [-0.39, 0.29) is 6.10 Å². The minimum absolute atomic E-state index is 0.216. The first-order valence-corrected chi connectivity index (χ1v) is 10.3. The molecule has 2 fully saturated rings. The van der Waals surface area contributed by atoms with Crippen molar-refractivity contribution in [2.45, 2.75) is 31.5 Å². The molecule has 0 bridgehead atoms. The Morgan fingerprint density at radius 1 is 1.14 bits per heavy atom. The molecule has 1 aliphatic carbocycles. The van der Waals surface area contributed by atoms with Crippen LogP contribution < -0.4 is 5.32 Å². The number of methoxy groups -OCH3 is 1. The third kappa shape index (κ3) is 3.93. The first-order valence-electron chi connectivity index (χ1n) is 10.3. The van der Waals surface area contributed by atoms with Gasteiger partial charge < -0.3 is 14.5 Å². The Morgan fingerprint density at radius 2 is 2.03 bits per heavy atom. The van der Waals surface area contributed by atoms with Gasteiger partial charge in [0, 0.05) is 32.6 Å². The van der Waals surface area contributed by atoms with E-state index < -0.39 is 0 Å². The van der Waals surface area contributed by atoms with Gasteiger partial charge in [-0.25, -0.2) is 4.98 Å². The molecular weight excluding hydrogens is 366 g/mol. The van der Waals surface area contributed by atoms with E-state index >= 15 is 0 Å². The van der Waals surface area contributed by atoms with Crippen molar-refractivity contribution in [1.29, 1.82) is 0 Å². The topological polar surface area (TPSA) is 79.2 Å². The van der Waals surface area contributed by atoms with E-state index in [0.29, 0.717) is 17.9 Å². The number of aromatic nitrogens is 3. The summed E-state index contributed by atoms with van der Waals surface area (Å²) in [6.07, 6.45) is 5.97. The van der Waals surface area contributed by atoms with Crippen molar-refractivity contribution in [3.8, 4) is 11.5 Å². The molecule has 4 heterocycles. The highest BCUT2D eigenvalue weighted by atomic mass is 16.5. The second-order valence-electron chi connectivity index (χ2n) is 8.16. The lowest BCUT2D eigenvalue weighted by Crippen LogP contribution is -2.44. The lowest BCUT2D eigenvalue weighted by molar-refractivity contribution is 0.0304. The number of nitrogens with zero attached hydrogens (tertiary/aromatic N) is 3. The van der Waals surface area contributed by atoms with E-state index in [9.17, 15) is 0 Å². The largest absolute Gasteiger partial charge is 0.458 e. The highest BCUT2D eigenvalue weighted by Crippen LogP contribution is 2.39. The Labute approximate surface area is 170 Å². The van der Waals surface area contributed by atoms with Crippen LogP contribution in [0.1, 0.15) is 18.6 Å². The number of anilines is 1. The Kier molecular flexibility index (Phi) is 5.08. The fraction of sp³-hybridized carbons (Fsp3) is 0.455. The number of hydrogen-bond donors (Lipinski definition) is 2. The van der Waals surface area contributed by atoms with Crippen molar-refractivity contribution in [3.63, 3.8) is 0 Å². The predicted molar refractivity (Wildman–Crippen MR) is 110 cm³/mol. The van der Waals surface area contributed by atoms with Crippen LogP contribution in [0.3, 0.4) is 0 Å². The van der Waals surface area contributed by atoms with E-state index in [2.05, 4.69) is 31.5 Å². The summed E-state index contributed by atoms with van der Waals surface area (Å²) < 4.78 is 11.9. The quantitative estimate of drug-likeness (QED) is 0.668. The molecule has 3 aromatic heterocycles. The Balaban J connectivity index is 1.22. The number of rotatable bonds is 6. The number of pyridine rings is 1. The van der Waals surface area contributed by atoms with Gasteiger partial charge in [-0.2, -0.15) is 5.10 Å². The molecule has 0 radical (unpaired) electrons. The number of ether oxygens (including phenoxy) is 1. The highest BCUT2D eigenvalue weighted by Gasteiger charge is 2.42. The van der Waals surface area contributed by atoms with Gasteiger partial charge in [0.2, 0.25) is 0 Å². The van der Waals surface area contributed by atoms with Gasteiger partial charge in [0.1, 0.15) is 17.3 Å². The highest BCUT2D eigenvalue weighted by molar-refractivity contribution is 5.51. The first-order chi connectivity index (χ1) is 14.3. The zero-order chi connectivity index (χ0) is 19.6. The molecular formula is C22H27N5O2. The smallest absolute Gasteiger partial charge is 0.152 e. The van der Waals surface area contributed by atoms with Crippen molar-refractivity contribution in [2.75, 3.05) is 25.5 Å². The van der Waals surface area contributed by atoms with Crippen LogP contribution >= 0.6 is 0 Å². The van der Waals surface area contributed by atoms with Crippen molar-refractivity contribution in [1.82, 2.24) is 20.1 Å². The maximum Gasteiger partial charge on any atom is 0.152 e. The number of fused-ring (bicyclic) bond motifs is 1. The number of furan rings is 1. The predicted octanol–water partition coefficient (Wildman–Crippen LogP) is 3.40. The Hall–Kier alpha value is -2.64. The molecule has 1 aliphatic heterocycles. The Bertz CT molecular complexity index is 910. The molecule has 29 heavy (non-hydrogen) atoms. The summed E-state index contributed by atoms with van der Waals surface area (Å²) in [5.41, 5.74) is 0.915. The molecule has 0 spiro atoms. The van der Waals surface area contributed by atoms with Crippen LogP contribution in [0.2, 0.25) is 0 Å². The summed E-state index contributed by atoms with van der Waals surface area (Å²) in [5.74, 6) is 4.11. The van der Waals surface area contributed by atoms with Gasteiger partial charge in [0.15, 0.2) is 5.76 Å². The number of hydrogen-bond acceptors (Lipinski definition) is 6. The zero-order valence-electron chi connectivity index (χ0n) is 16.6. The van der Waals surface area contributed by atoms with Crippen LogP contribution in [0.25, 0.3) is 11.5 Å². The molecule has 0 aromatic carbocycles. The fourth-order valence-electron chi connectivity index (χ4n) is 4.91. The van der Waals surface area contributed by atoms with Gasteiger partial charge in [-0.1, -0.05) is 6.07 Å². The maximum absolute atomic E-state index is 6.03. The summed E-state index contributed by atoms with van der Waals surface area (Å²) in [7, 11) is 1.82. The molecule has 7 heteroatoms. The van der Waals surface area contributed by atoms with Gasteiger partial charge in [0.05, 0.1) is 18.7 Å².